The number of carbonyl (C=O) groups is 2. The van der Waals surface area contributed by atoms with Gasteiger partial charge in [0.25, 0.3) is 5.91 Å². The van der Waals surface area contributed by atoms with Gasteiger partial charge in [-0.3, -0.25) is 4.79 Å². The summed E-state index contributed by atoms with van der Waals surface area (Å²) in [6.45, 7) is 1.95. The lowest BCUT2D eigenvalue weighted by molar-refractivity contribution is 0.0692. The zero-order valence-electron chi connectivity index (χ0n) is 12.9. The van der Waals surface area contributed by atoms with Crippen molar-refractivity contribution in [2.24, 2.45) is 0 Å². The van der Waals surface area contributed by atoms with Crippen molar-refractivity contribution < 1.29 is 19.8 Å². The number of aromatic carboxylic acids is 1. The average molecular weight is 313 g/mol. The normalized spacial score (nSPS) is 10.3. The molecule has 0 fully saturated rings. The highest BCUT2D eigenvalue weighted by Gasteiger charge is 2.16. The fourth-order valence-corrected chi connectivity index (χ4v) is 2.27. The molecule has 0 aliphatic carbocycles. The number of anilines is 1. The summed E-state index contributed by atoms with van der Waals surface area (Å²) in [5.74, 6) is -1.58. The molecule has 1 amide bonds. The van der Waals surface area contributed by atoms with Gasteiger partial charge >= 0.3 is 5.97 Å². The van der Waals surface area contributed by atoms with Gasteiger partial charge in [-0.15, -0.1) is 0 Å². The maximum atomic E-state index is 12.3. The molecule has 2 aromatic rings. The molecule has 0 atom stereocenters. The first-order chi connectivity index (χ1) is 11.0. The number of benzene rings is 2. The smallest absolute Gasteiger partial charge is 0.336 e. The number of rotatable bonds is 6. The molecule has 0 aliphatic heterocycles. The molecule has 0 aromatic heterocycles. The minimum atomic E-state index is -1.13. The van der Waals surface area contributed by atoms with Crippen LogP contribution in [0.25, 0.3) is 0 Å². The van der Waals surface area contributed by atoms with Gasteiger partial charge in [-0.2, -0.15) is 0 Å². The number of carboxylic acids is 1. The first-order valence-corrected chi connectivity index (χ1v) is 7.36. The minimum Gasteiger partial charge on any atom is -0.478 e. The molecule has 0 spiro atoms. The number of amides is 1. The number of carboxylic acid groups (broad SMARTS) is 1. The van der Waals surface area contributed by atoms with E-state index in [2.05, 4.69) is 5.32 Å². The standard InChI is InChI=1S/C18H19NO4/c1-12-4-9-15(18(22)23)16(11-12)17(21)19-14-7-5-13(6-8-14)3-2-10-20/h4-9,11,20H,2-3,10H2,1H3,(H,19,21)(H,22,23). The molecule has 5 nitrogen and oxygen atoms in total. The molecule has 23 heavy (non-hydrogen) atoms. The Morgan fingerprint density at radius 3 is 2.35 bits per heavy atom. The van der Waals surface area contributed by atoms with Crippen molar-refractivity contribution >= 4 is 17.6 Å². The number of aliphatic hydroxyl groups excluding tert-OH is 1. The van der Waals surface area contributed by atoms with Gasteiger partial charge in [-0.25, -0.2) is 4.79 Å². The maximum Gasteiger partial charge on any atom is 0.336 e. The highest BCUT2D eigenvalue weighted by molar-refractivity contribution is 6.10. The molecule has 120 valence electrons. The predicted molar refractivity (Wildman–Crippen MR) is 87.9 cm³/mol. The summed E-state index contributed by atoms with van der Waals surface area (Å²) in [5, 5.41) is 20.7. The van der Waals surface area contributed by atoms with Gasteiger partial charge < -0.3 is 15.5 Å². The summed E-state index contributed by atoms with van der Waals surface area (Å²) < 4.78 is 0. The molecular weight excluding hydrogens is 294 g/mol. The van der Waals surface area contributed by atoms with Crippen LogP contribution in [0.4, 0.5) is 5.69 Å². The Bertz CT molecular complexity index is 707. The van der Waals surface area contributed by atoms with Crippen LogP contribution < -0.4 is 5.32 Å². The lowest BCUT2D eigenvalue weighted by Crippen LogP contribution is -2.16. The van der Waals surface area contributed by atoms with Crippen LogP contribution >= 0.6 is 0 Å². The summed E-state index contributed by atoms with van der Waals surface area (Å²) in [5.41, 5.74) is 2.61. The van der Waals surface area contributed by atoms with Crippen molar-refractivity contribution in [1.29, 1.82) is 0 Å². The zero-order valence-corrected chi connectivity index (χ0v) is 12.9. The van der Waals surface area contributed by atoms with Gasteiger partial charge in [0.05, 0.1) is 11.1 Å². The van der Waals surface area contributed by atoms with Crippen LogP contribution in [0.2, 0.25) is 0 Å². The topological polar surface area (TPSA) is 86.6 Å². The third kappa shape index (κ3) is 4.40. The molecule has 3 N–H and O–H groups in total. The highest BCUT2D eigenvalue weighted by Crippen LogP contribution is 2.16. The van der Waals surface area contributed by atoms with E-state index in [1.807, 2.05) is 12.1 Å². The summed E-state index contributed by atoms with van der Waals surface area (Å²) in [6, 6.07) is 11.9. The number of carbonyl (C=O) groups excluding carboxylic acids is 1. The maximum absolute atomic E-state index is 12.3. The first-order valence-electron chi connectivity index (χ1n) is 7.36. The van der Waals surface area contributed by atoms with Gasteiger partial charge in [-0.05, 0) is 49.6 Å². The fraction of sp³-hybridized carbons (Fsp3) is 0.222. The van der Waals surface area contributed by atoms with Crippen molar-refractivity contribution in [2.45, 2.75) is 19.8 Å². The average Bonchev–Trinajstić information content (AvgIpc) is 2.53. The quantitative estimate of drug-likeness (QED) is 0.765. The van der Waals surface area contributed by atoms with E-state index in [-0.39, 0.29) is 17.7 Å². The van der Waals surface area contributed by atoms with Gasteiger partial charge in [0.2, 0.25) is 0 Å². The summed E-state index contributed by atoms with van der Waals surface area (Å²) >= 11 is 0. The predicted octanol–water partition coefficient (Wildman–Crippen LogP) is 2.87. The molecule has 0 heterocycles. The number of hydrogen-bond acceptors (Lipinski definition) is 3. The molecule has 2 rings (SSSR count). The Balaban J connectivity index is 2.16. The van der Waals surface area contributed by atoms with E-state index in [9.17, 15) is 14.7 Å². The second kappa shape index (κ2) is 7.56. The Hall–Kier alpha value is -2.66. The van der Waals surface area contributed by atoms with Crippen LogP contribution in [-0.2, 0) is 6.42 Å². The molecule has 0 saturated carbocycles. The Morgan fingerprint density at radius 2 is 1.74 bits per heavy atom. The van der Waals surface area contributed by atoms with Gasteiger partial charge in [0.1, 0.15) is 0 Å². The third-order valence-electron chi connectivity index (χ3n) is 3.49. The van der Waals surface area contributed by atoms with Gasteiger partial charge in [0, 0.05) is 12.3 Å². The third-order valence-corrected chi connectivity index (χ3v) is 3.49. The van der Waals surface area contributed by atoms with E-state index in [4.69, 9.17) is 5.11 Å². The Morgan fingerprint density at radius 1 is 1.04 bits per heavy atom. The monoisotopic (exact) mass is 313 g/mol. The highest BCUT2D eigenvalue weighted by atomic mass is 16.4. The Kier molecular flexibility index (Phi) is 5.49. The molecule has 0 bridgehead atoms. The Labute approximate surface area is 134 Å². The van der Waals surface area contributed by atoms with Crippen molar-refractivity contribution in [3.63, 3.8) is 0 Å². The molecule has 2 aromatic carbocycles. The number of aryl methyl sites for hydroxylation is 2. The second-order valence-electron chi connectivity index (χ2n) is 5.33. The lowest BCUT2D eigenvalue weighted by atomic mass is 10.0. The fourth-order valence-electron chi connectivity index (χ4n) is 2.27. The lowest BCUT2D eigenvalue weighted by Gasteiger charge is -2.09. The van der Waals surface area contributed by atoms with Crippen LogP contribution in [0.15, 0.2) is 42.5 Å². The van der Waals surface area contributed by atoms with E-state index in [0.29, 0.717) is 12.1 Å². The largest absolute Gasteiger partial charge is 0.478 e. The van der Waals surface area contributed by atoms with E-state index in [1.165, 1.54) is 6.07 Å². The number of aliphatic hydroxyl groups is 1. The van der Waals surface area contributed by atoms with E-state index in [1.54, 1.807) is 31.2 Å². The van der Waals surface area contributed by atoms with Crippen molar-refractivity contribution in [2.75, 3.05) is 11.9 Å². The molecular formula is C18H19NO4. The van der Waals surface area contributed by atoms with E-state index >= 15 is 0 Å². The van der Waals surface area contributed by atoms with Crippen molar-refractivity contribution in [3.05, 3.63) is 64.7 Å². The molecule has 0 radical (unpaired) electrons. The first kappa shape index (κ1) is 16.7. The van der Waals surface area contributed by atoms with Crippen molar-refractivity contribution in [3.8, 4) is 0 Å². The molecule has 5 heteroatoms. The minimum absolute atomic E-state index is 0.0207. The van der Waals surface area contributed by atoms with Crippen LogP contribution in [0, 0.1) is 6.92 Å². The molecule has 0 unspecified atom stereocenters. The van der Waals surface area contributed by atoms with Gasteiger partial charge in [-0.1, -0.05) is 23.8 Å². The van der Waals surface area contributed by atoms with Crippen LogP contribution in [0.1, 0.15) is 38.3 Å². The number of nitrogens with one attached hydrogen (secondary N) is 1. The molecule has 0 saturated heterocycles. The summed E-state index contributed by atoms with van der Waals surface area (Å²) in [4.78, 5) is 23.6. The summed E-state index contributed by atoms with van der Waals surface area (Å²) in [7, 11) is 0. The van der Waals surface area contributed by atoms with E-state index < -0.39 is 11.9 Å². The van der Waals surface area contributed by atoms with Crippen LogP contribution in [0.3, 0.4) is 0 Å². The van der Waals surface area contributed by atoms with Crippen LogP contribution in [-0.4, -0.2) is 28.7 Å². The zero-order chi connectivity index (χ0) is 16.8. The van der Waals surface area contributed by atoms with Crippen molar-refractivity contribution in [1.82, 2.24) is 0 Å². The molecule has 0 aliphatic rings. The SMILES string of the molecule is Cc1ccc(C(=O)O)c(C(=O)Nc2ccc(CCCO)cc2)c1. The van der Waals surface area contributed by atoms with Gasteiger partial charge in [0.15, 0.2) is 0 Å². The van der Waals surface area contributed by atoms with Crippen LogP contribution in [0.5, 0.6) is 0 Å². The second-order valence-corrected chi connectivity index (χ2v) is 5.33. The van der Waals surface area contributed by atoms with E-state index in [0.717, 1.165) is 17.5 Å². The summed E-state index contributed by atoms with van der Waals surface area (Å²) in [6.07, 6.45) is 1.46. The number of hydrogen-bond donors (Lipinski definition) is 3.